The van der Waals surface area contributed by atoms with Gasteiger partial charge in [-0.15, -0.1) is 11.3 Å². The summed E-state index contributed by atoms with van der Waals surface area (Å²) in [4.78, 5) is -0.122. The Hall–Kier alpha value is -0.470. The first-order valence-electron chi connectivity index (χ1n) is 4.76. The minimum Gasteiger partial charge on any atom is -0.506 e. The van der Waals surface area contributed by atoms with Gasteiger partial charge in [0.1, 0.15) is 15.0 Å². The first kappa shape index (κ1) is 14.9. The summed E-state index contributed by atoms with van der Waals surface area (Å²) < 4.78 is 27.5. The van der Waals surface area contributed by atoms with Gasteiger partial charge in [0.2, 0.25) is 0 Å². The summed E-state index contributed by atoms with van der Waals surface area (Å²) in [5.41, 5.74) is 0.0489. The van der Waals surface area contributed by atoms with Crippen LogP contribution in [0.4, 0.5) is 5.69 Å². The summed E-state index contributed by atoms with van der Waals surface area (Å²) in [6.45, 7) is 0. The monoisotopic (exact) mass is 401 g/mol. The number of nitrogens with one attached hydrogen (secondary N) is 1. The number of hydrogen-bond donors (Lipinski definition) is 2. The van der Waals surface area contributed by atoms with Crippen molar-refractivity contribution < 1.29 is 13.5 Å². The number of thiophene rings is 1. The maximum atomic E-state index is 12.1. The highest BCUT2D eigenvalue weighted by molar-refractivity contribution is 9.10. The number of anilines is 1. The van der Waals surface area contributed by atoms with E-state index in [1.54, 1.807) is 6.07 Å². The van der Waals surface area contributed by atoms with Crippen molar-refractivity contribution in [3.05, 3.63) is 37.4 Å². The highest BCUT2D eigenvalue weighted by atomic mass is 79.9. The van der Waals surface area contributed by atoms with Crippen LogP contribution in [0, 0.1) is 0 Å². The van der Waals surface area contributed by atoms with Gasteiger partial charge >= 0.3 is 0 Å². The molecule has 0 amide bonds. The third-order valence-corrected chi connectivity index (χ3v) is 5.73. The van der Waals surface area contributed by atoms with Crippen molar-refractivity contribution >= 4 is 66.2 Å². The van der Waals surface area contributed by atoms with Crippen LogP contribution >= 0.6 is 50.5 Å². The number of hydrogen-bond acceptors (Lipinski definition) is 4. The van der Waals surface area contributed by atoms with E-state index in [1.807, 2.05) is 0 Å². The van der Waals surface area contributed by atoms with E-state index in [0.717, 1.165) is 11.3 Å². The topological polar surface area (TPSA) is 66.4 Å². The van der Waals surface area contributed by atoms with Gasteiger partial charge in [-0.1, -0.05) is 39.1 Å². The molecule has 1 heterocycles. The van der Waals surface area contributed by atoms with Crippen molar-refractivity contribution in [1.29, 1.82) is 0 Å². The van der Waals surface area contributed by atoms with Crippen molar-refractivity contribution in [3.8, 4) is 5.75 Å². The van der Waals surface area contributed by atoms with E-state index >= 15 is 0 Å². The Morgan fingerprint density at radius 1 is 1.26 bits per heavy atom. The van der Waals surface area contributed by atoms with Gasteiger partial charge < -0.3 is 5.11 Å². The van der Waals surface area contributed by atoms with Crippen LogP contribution in [0.2, 0.25) is 8.67 Å². The lowest BCUT2D eigenvalue weighted by atomic mass is 10.3. The average molecular weight is 403 g/mol. The number of phenols is 1. The third-order valence-electron chi connectivity index (χ3n) is 2.12. The molecule has 0 radical (unpaired) electrons. The molecule has 1 aromatic heterocycles. The average Bonchev–Trinajstić information content (AvgIpc) is 2.63. The van der Waals surface area contributed by atoms with E-state index < -0.39 is 10.0 Å². The zero-order chi connectivity index (χ0) is 14.2. The summed E-state index contributed by atoms with van der Waals surface area (Å²) in [6.07, 6.45) is 0. The molecule has 0 spiro atoms. The molecule has 19 heavy (non-hydrogen) atoms. The molecular weight excluding hydrogens is 397 g/mol. The molecule has 0 unspecified atom stereocenters. The first-order valence-corrected chi connectivity index (χ1v) is 8.60. The second-order valence-corrected chi connectivity index (χ2v) is 8.31. The van der Waals surface area contributed by atoms with Crippen LogP contribution in [0.15, 0.2) is 33.6 Å². The van der Waals surface area contributed by atoms with Gasteiger partial charge in [-0.05, 0) is 24.3 Å². The van der Waals surface area contributed by atoms with Crippen molar-refractivity contribution in [2.75, 3.05) is 4.72 Å². The molecule has 2 rings (SSSR count). The second kappa shape index (κ2) is 5.49. The number of sulfonamides is 1. The van der Waals surface area contributed by atoms with E-state index in [1.165, 1.54) is 18.2 Å². The molecule has 0 aliphatic heterocycles. The molecule has 2 aromatic rings. The standard InChI is InChI=1S/C10H6BrCl2NO3S2/c11-5-1-2-7(15)6(3-5)14-19(16,17)8-4-9(12)18-10(8)13/h1-4,14-15H. The summed E-state index contributed by atoms with van der Waals surface area (Å²) in [5.74, 6) is -0.191. The van der Waals surface area contributed by atoms with Crippen LogP contribution in [0.3, 0.4) is 0 Å². The molecular formula is C10H6BrCl2NO3S2. The van der Waals surface area contributed by atoms with Crippen molar-refractivity contribution in [2.45, 2.75) is 4.90 Å². The van der Waals surface area contributed by atoms with Crippen molar-refractivity contribution in [1.82, 2.24) is 0 Å². The molecule has 9 heteroatoms. The fourth-order valence-electron chi connectivity index (χ4n) is 1.30. The molecule has 4 nitrogen and oxygen atoms in total. The maximum Gasteiger partial charge on any atom is 0.264 e. The summed E-state index contributed by atoms with van der Waals surface area (Å²) >= 11 is 15.7. The maximum absolute atomic E-state index is 12.1. The normalized spacial score (nSPS) is 11.5. The minimum atomic E-state index is -3.90. The molecule has 102 valence electrons. The predicted octanol–water partition coefficient (Wildman–Crippen LogP) is 4.32. The van der Waals surface area contributed by atoms with E-state index in [2.05, 4.69) is 20.7 Å². The van der Waals surface area contributed by atoms with Crippen LogP contribution in [-0.4, -0.2) is 13.5 Å². The Balaban J connectivity index is 2.42. The van der Waals surface area contributed by atoms with Gasteiger partial charge in [-0.25, -0.2) is 8.42 Å². The third kappa shape index (κ3) is 3.35. The molecule has 2 N–H and O–H groups in total. The Bertz CT molecular complexity index is 730. The van der Waals surface area contributed by atoms with Crippen LogP contribution in [-0.2, 0) is 10.0 Å². The molecule has 0 fully saturated rings. The zero-order valence-electron chi connectivity index (χ0n) is 9.02. The number of benzene rings is 1. The van der Waals surface area contributed by atoms with Crippen molar-refractivity contribution in [2.24, 2.45) is 0 Å². The number of rotatable bonds is 3. The molecule has 0 aliphatic carbocycles. The van der Waals surface area contributed by atoms with Crippen LogP contribution < -0.4 is 4.72 Å². The SMILES string of the molecule is O=S(=O)(Nc1cc(Br)ccc1O)c1cc(Cl)sc1Cl. The van der Waals surface area contributed by atoms with E-state index in [-0.39, 0.29) is 25.0 Å². The quantitative estimate of drug-likeness (QED) is 0.751. The predicted molar refractivity (Wildman–Crippen MR) is 81.0 cm³/mol. The summed E-state index contributed by atoms with van der Waals surface area (Å²) in [7, 11) is -3.90. The molecule has 0 aliphatic rings. The Labute approximate surface area is 132 Å². The Kier molecular flexibility index (Phi) is 4.32. The van der Waals surface area contributed by atoms with E-state index in [0.29, 0.717) is 4.47 Å². The molecule has 1 aromatic carbocycles. The van der Waals surface area contributed by atoms with Gasteiger partial charge in [0.25, 0.3) is 10.0 Å². The highest BCUT2D eigenvalue weighted by Gasteiger charge is 2.22. The lowest BCUT2D eigenvalue weighted by molar-refractivity contribution is 0.477. The van der Waals surface area contributed by atoms with Gasteiger partial charge in [-0.3, -0.25) is 4.72 Å². The van der Waals surface area contributed by atoms with Crippen molar-refractivity contribution in [3.63, 3.8) is 0 Å². The van der Waals surface area contributed by atoms with Gasteiger partial charge in [0.15, 0.2) is 0 Å². The summed E-state index contributed by atoms with van der Waals surface area (Å²) in [6, 6.07) is 5.65. The second-order valence-electron chi connectivity index (χ2n) is 3.46. The lowest BCUT2D eigenvalue weighted by Crippen LogP contribution is -2.12. The number of aromatic hydroxyl groups is 1. The fourth-order valence-corrected chi connectivity index (χ4v) is 4.88. The highest BCUT2D eigenvalue weighted by Crippen LogP contribution is 2.36. The molecule has 0 saturated heterocycles. The molecule has 0 atom stereocenters. The summed E-state index contributed by atoms with van der Waals surface area (Å²) in [5, 5.41) is 9.62. The minimum absolute atomic E-state index is 0.0489. The molecule has 0 saturated carbocycles. The van der Waals surface area contributed by atoms with Gasteiger partial charge in [-0.2, -0.15) is 0 Å². The molecule has 0 bridgehead atoms. The van der Waals surface area contributed by atoms with Crippen LogP contribution in [0.5, 0.6) is 5.75 Å². The lowest BCUT2D eigenvalue weighted by Gasteiger charge is -2.09. The van der Waals surface area contributed by atoms with Gasteiger partial charge in [0.05, 0.1) is 10.0 Å². The fraction of sp³-hybridized carbons (Fsp3) is 0. The smallest absolute Gasteiger partial charge is 0.264 e. The van der Waals surface area contributed by atoms with Gasteiger partial charge in [0, 0.05) is 4.47 Å². The Morgan fingerprint density at radius 2 is 1.95 bits per heavy atom. The Morgan fingerprint density at radius 3 is 2.53 bits per heavy atom. The van der Waals surface area contributed by atoms with E-state index in [4.69, 9.17) is 23.2 Å². The largest absolute Gasteiger partial charge is 0.506 e. The van der Waals surface area contributed by atoms with Crippen LogP contribution in [0.1, 0.15) is 0 Å². The first-order chi connectivity index (χ1) is 8.79. The number of phenolic OH excluding ortho intramolecular Hbond substituents is 1. The zero-order valence-corrected chi connectivity index (χ0v) is 13.8. The number of halogens is 3. The van der Waals surface area contributed by atoms with Crippen LogP contribution in [0.25, 0.3) is 0 Å². The van der Waals surface area contributed by atoms with E-state index in [9.17, 15) is 13.5 Å².